The summed E-state index contributed by atoms with van der Waals surface area (Å²) < 4.78 is 5.95. The SMILES string of the molecule is CN(C)C/C=C/C(=O)N1CCC[C@@H]1CN1C=C(c2ccc(Oc3ccccc3)cc2)C2C(N)NNC(=O)C21. The first kappa shape index (κ1) is 26.0. The first-order valence-electron chi connectivity index (χ1n) is 13.1. The Balaban J connectivity index is 1.35. The maximum absolute atomic E-state index is 13.0. The minimum absolute atomic E-state index is 0.0229. The summed E-state index contributed by atoms with van der Waals surface area (Å²) in [6.07, 6.45) is 7.03. The Morgan fingerprint density at radius 3 is 2.61 bits per heavy atom. The first-order chi connectivity index (χ1) is 18.4. The molecule has 2 aromatic rings. The van der Waals surface area contributed by atoms with E-state index in [0.29, 0.717) is 13.1 Å². The fourth-order valence-electron chi connectivity index (χ4n) is 5.54. The van der Waals surface area contributed by atoms with E-state index in [9.17, 15) is 9.59 Å². The maximum Gasteiger partial charge on any atom is 0.257 e. The zero-order valence-electron chi connectivity index (χ0n) is 21.9. The van der Waals surface area contributed by atoms with Crippen LogP contribution in [-0.4, -0.2) is 78.5 Å². The number of nitrogens with zero attached hydrogens (tertiary/aromatic N) is 3. The van der Waals surface area contributed by atoms with Crippen molar-refractivity contribution in [3.8, 4) is 11.5 Å². The van der Waals surface area contributed by atoms with Gasteiger partial charge in [0, 0.05) is 43.9 Å². The van der Waals surface area contributed by atoms with E-state index >= 15 is 0 Å². The van der Waals surface area contributed by atoms with Crippen LogP contribution < -0.4 is 21.3 Å². The van der Waals surface area contributed by atoms with E-state index in [1.165, 1.54) is 0 Å². The molecule has 9 nitrogen and oxygen atoms in total. The van der Waals surface area contributed by atoms with Crippen LogP contribution in [0, 0.1) is 5.92 Å². The maximum atomic E-state index is 13.0. The quantitative estimate of drug-likeness (QED) is 0.462. The molecule has 2 fully saturated rings. The molecule has 4 N–H and O–H groups in total. The normalized spacial score (nSPS) is 25.1. The van der Waals surface area contributed by atoms with Gasteiger partial charge < -0.3 is 25.2 Å². The van der Waals surface area contributed by atoms with Crippen molar-refractivity contribution in [2.45, 2.75) is 31.1 Å². The van der Waals surface area contributed by atoms with Crippen LogP contribution >= 0.6 is 0 Å². The topological polar surface area (TPSA) is 103 Å². The number of para-hydroxylation sites is 1. The summed E-state index contributed by atoms with van der Waals surface area (Å²) in [6, 6.07) is 17.1. The van der Waals surface area contributed by atoms with Crippen molar-refractivity contribution in [3.63, 3.8) is 0 Å². The first-order valence-corrected chi connectivity index (χ1v) is 13.1. The predicted octanol–water partition coefficient (Wildman–Crippen LogP) is 2.15. The molecule has 3 heterocycles. The highest BCUT2D eigenvalue weighted by atomic mass is 16.5. The van der Waals surface area contributed by atoms with Crippen molar-refractivity contribution in [2.75, 3.05) is 33.7 Å². The van der Waals surface area contributed by atoms with E-state index in [-0.39, 0.29) is 23.8 Å². The number of nitrogens with two attached hydrogens (primary N) is 1. The third-order valence-electron chi connectivity index (χ3n) is 7.36. The van der Waals surface area contributed by atoms with E-state index in [2.05, 4.69) is 22.0 Å². The Morgan fingerprint density at radius 2 is 1.87 bits per heavy atom. The van der Waals surface area contributed by atoms with Crippen molar-refractivity contribution in [1.82, 2.24) is 25.6 Å². The lowest BCUT2D eigenvalue weighted by Crippen LogP contribution is -2.66. The summed E-state index contributed by atoms with van der Waals surface area (Å²) in [5.74, 6) is 1.19. The second kappa shape index (κ2) is 11.4. The second-order valence-corrected chi connectivity index (χ2v) is 10.3. The number of hydrogen-bond donors (Lipinski definition) is 3. The van der Waals surface area contributed by atoms with Crippen LogP contribution in [-0.2, 0) is 9.59 Å². The molecule has 2 amide bonds. The number of nitrogens with one attached hydrogen (secondary N) is 2. The molecule has 9 heteroatoms. The second-order valence-electron chi connectivity index (χ2n) is 10.3. The zero-order chi connectivity index (χ0) is 26.6. The van der Waals surface area contributed by atoms with Crippen LogP contribution in [0.25, 0.3) is 5.57 Å². The van der Waals surface area contributed by atoms with Gasteiger partial charge in [-0.15, -0.1) is 0 Å². The summed E-state index contributed by atoms with van der Waals surface area (Å²) in [7, 11) is 3.94. The summed E-state index contributed by atoms with van der Waals surface area (Å²) in [5, 5.41) is 0. The molecule has 3 aliphatic heterocycles. The molecule has 200 valence electrons. The minimum atomic E-state index is -0.441. The smallest absolute Gasteiger partial charge is 0.257 e. The summed E-state index contributed by atoms with van der Waals surface area (Å²) in [6.45, 7) is 2.02. The van der Waals surface area contributed by atoms with Gasteiger partial charge in [-0.3, -0.25) is 15.0 Å². The van der Waals surface area contributed by atoms with Gasteiger partial charge in [-0.25, -0.2) is 5.43 Å². The molecular weight excluding hydrogens is 480 g/mol. The van der Waals surface area contributed by atoms with E-state index in [1.807, 2.05) is 84.6 Å². The Morgan fingerprint density at radius 1 is 1.13 bits per heavy atom. The molecule has 0 aromatic heterocycles. The van der Waals surface area contributed by atoms with Gasteiger partial charge in [0.05, 0.1) is 6.17 Å². The monoisotopic (exact) mass is 516 g/mol. The third-order valence-corrected chi connectivity index (χ3v) is 7.36. The van der Waals surface area contributed by atoms with Crippen molar-refractivity contribution in [3.05, 3.63) is 78.5 Å². The number of hydrazine groups is 1. The summed E-state index contributed by atoms with van der Waals surface area (Å²) in [4.78, 5) is 32.0. The molecule has 5 rings (SSSR count). The lowest BCUT2D eigenvalue weighted by Gasteiger charge is -2.38. The van der Waals surface area contributed by atoms with Gasteiger partial charge in [-0.1, -0.05) is 36.4 Å². The predicted molar refractivity (Wildman–Crippen MR) is 147 cm³/mol. The minimum Gasteiger partial charge on any atom is -0.457 e. The number of amides is 2. The standard InChI is InChI=1S/C29H36N6O3/c1-33(2)16-7-11-25(36)35-17-6-8-21(35)18-34-19-24(26-27(34)29(37)32-31-28(26)30)20-12-14-23(15-13-20)38-22-9-4-3-5-10-22/h3-5,7,9-15,19,21,26-28,31H,6,8,16-18,30H2,1-2H3,(H,32,37)/b11-7+/t21-,26?,27?,28?/m1/s1. The molecule has 4 atom stereocenters. The van der Waals surface area contributed by atoms with Crippen LogP contribution in [0.4, 0.5) is 0 Å². The molecule has 2 saturated heterocycles. The van der Waals surface area contributed by atoms with Gasteiger partial charge in [0.1, 0.15) is 17.5 Å². The largest absolute Gasteiger partial charge is 0.457 e. The number of rotatable bonds is 8. The Hall–Kier alpha value is -3.66. The molecule has 3 unspecified atom stereocenters. The summed E-state index contributed by atoms with van der Waals surface area (Å²) >= 11 is 0. The Kier molecular flexibility index (Phi) is 7.78. The number of carbonyl (C=O) groups excluding carboxylic acids is 2. The number of ether oxygens (including phenoxy) is 1. The third kappa shape index (κ3) is 5.60. The highest BCUT2D eigenvalue weighted by Gasteiger charge is 2.47. The van der Waals surface area contributed by atoms with Crippen molar-refractivity contribution in [2.24, 2.45) is 11.7 Å². The fourth-order valence-corrected chi connectivity index (χ4v) is 5.54. The van der Waals surface area contributed by atoms with Gasteiger partial charge in [-0.05, 0) is 62.3 Å². The van der Waals surface area contributed by atoms with Crippen molar-refractivity contribution >= 4 is 17.4 Å². The highest BCUT2D eigenvalue weighted by molar-refractivity contribution is 5.89. The number of likely N-dealkylation sites (tertiary alicyclic amines) is 1. The lowest BCUT2D eigenvalue weighted by atomic mass is 9.86. The molecular formula is C29H36N6O3. The molecule has 38 heavy (non-hydrogen) atoms. The summed E-state index contributed by atoms with van der Waals surface area (Å²) in [5.41, 5.74) is 14.1. The Bertz CT molecular complexity index is 1200. The molecule has 0 radical (unpaired) electrons. The zero-order valence-corrected chi connectivity index (χ0v) is 21.9. The molecule has 0 aliphatic carbocycles. The fraction of sp³-hybridized carbons (Fsp3) is 0.379. The van der Waals surface area contributed by atoms with Crippen LogP contribution in [0.15, 0.2) is 72.9 Å². The van der Waals surface area contributed by atoms with Crippen molar-refractivity contribution in [1.29, 1.82) is 0 Å². The van der Waals surface area contributed by atoms with E-state index in [0.717, 1.165) is 42.0 Å². The molecule has 0 saturated carbocycles. The van der Waals surface area contributed by atoms with Crippen LogP contribution in [0.1, 0.15) is 18.4 Å². The average molecular weight is 517 g/mol. The molecule has 2 aromatic carbocycles. The van der Waals surface area contributed by atoms with Crippen LogP contribution in [0.5, 0.6) is 11.5 Å². The van der Waals surface area contributed by atoms with Crippen molar-refractivity contribution < 1.29 is 14.3 Å². The number of benzene rings is 2. The van der Waals surface area contributed by atoms with Crippen LogP contribution in [0.3, 0.4) is 0 Å². The molecule has 0 bridgehead atoms. The van der Waals surface area contributed by atoms with E-state index in [4.69, 9.17) is 10.5 Å². The number of hydrogen-bond acceptors (Lipinski definition) is 7. The number of likely N-dealkylation sites (N-methyl/N-ethyl adjacent to an activating group) is 1. The number of carbonyl (C=O) groups is 2. The van der Waals surface area contributed by atoms with Gasteiger partial charge >= 0.3 is 0 Å². The molecule has 0 spiro atoms. The number of fused-ring (bicyclic) bond motifs is 1. The van der Waals surface area contributed by atoms with Gasteiger partial charge in [0.15, 0.2) is 0 Å². The van der Waals surface area contributed by atoms with Crippen LogP contribution in [0.2, 0.25) is 0 Å². The van der Waals surface area contributed by atoms with Gasteiger partial charge in [0.25, 0.3) is 5.91 Å². The molecule has 3 aliphatic rings. The lowest BCUT2D eigenvalue weighted by molar-refractivity contribution is -0.131. The average Bonchev–Trinajstić information content (AvgIpc) is 3.53. The highest BCUT2D eigenvalue weighted by Crippen LogP contribution is 2.39. The van der Waals surface area contributed by atoms with Gasteiger partial charge in [-0.2, -0.15) is 0 Å². The Labute approximate surface area is 223 Å². The van der Waals surface area contributed by atoms with Gasteiger partial charge in [0.2, 0.25) is 5.91 Å². The van der Waals surface area contributed by atoms with E-state index in [1.54, 1.807) is 6.08 Å². The van der Waals surface area contributed by atoms with E-state index < -0.39 is 12.2 Å².